The first-order valence-electron chi connectivity index (χ1n) is 12.4. The number of nitrogens with zero attached hydrogens (tertiary/aromatic N) is 2. The summed E-state index contributed by atoms with van der Waals surface area (Å²) in [6, 6.07) is 3.71. The van der Waals surface area contributed by atoms with Gasteiger partial charge in [-0.15, -0.1) is 0 Å². The smallest absolute Gasteiger partial charge is 0.313 e. The molecule has 1 aromatic rings. The summed E-state index contributed by atoms with van der Waals surface area (Å²) in [5.74, 6) is -3.19. The Hall–Kier alpha value is -2.68. The SMILES string of the molecule is CC[C@H](C)[C@H](CO)N1C(=O)[C@@H]2[C@@H]3C(=O)OCC=C[C@@H]3O[C@@]23C=CCN(c2c(C)cccc2Cl)C(=O)C13. The van der Waals surface area contributed by atoms with Crippen LogP contribution >= 0.6 is 11.6 Å². The monoisotopic (exact) mass is 514 g/mol. The molecule has 0 aromatic heterocycles. The number of para-hydroxylation sites is 1. The molecule has 7 atom stereocenters. The molecule has 1 N–H and O–H groups in total. The van der Waals surface area contributed by atoms with Crippen LogP contribution < -0.4 is 4.90 Å². The van der Waals surface area contributed by atoms with Crippen molar-refractivity contribution < 1.29 is 29.0 Å². The van der Waals surface area contributed by atoms with Crippen LogP contribution in [0.1, 0.15) is 25.8 Å². The van der Waals surface area contributed by atoms with Gasteiger partial charge in [0.1, 0.15) is 24.2 Å². The summed E-state index contributed by atoms with van der Waals surface area (Å²) in [6.45, 7) is 5.80. The molecule has 4 aliphatic heterocycles. The van der Waals surface area contributed by atoms with Gasteiger partial charge in [-0.25, -0.2) is 0 Å². The summed E-state index contributed by atoms with van der Waals surface area (Å²) in [4.78, 5) is 44.7. The molecule has 4 aliphatic rings. The minimum absolute atomic E-state index is 0.0952. The van der Waals surface area contributed by atoms with Gasteiger partial charge in [-0.05, 0) is 30.5 Å². The van der Waals surface area contributed by atoms with E-state index in [1.165, 1.54) is 4.90 Å². The van der Waals surface area contributed by atoms with Crippen LogP contribution in [0.15, 0.2) is 42.5 Å². The first-order valence-corrected chi connectivity index (χ1v) is 12.8. The Balaban J connectivity index is 1.69. The molecule has 2 amide bonds. The summed E-state index contributed by atoms with van der Waals surface area (Å²) in [5.41, 5.74) is 0.00391. The molecule has 1 aromatic carbocycles. The average molecular weight is 515 g/mol. The van der Waals surface area contributed by atoms with E-state index in [1.807, 2.05) is 39.0 Å². The van der Waals surface area contributed by atoms with Crippen molar-refractivity contribution in [2.24, 2.45) is 17.8 Å². The van der Waals surface area contributed by atoms with Crippen LogP contribution in [0.25, 0.3) is 0 Å². The Morgan fingerprint density at radius 1 is 1.22 bits per heavy atom. The van der Waals surface area contributed by atoms with Crippen molar-refractivity contribution in [3.63, 3.8) is 0 Å². The molecular formula is C27H31ClN2O6. The zero-order valence-corrected chi connectivity index (χ0v) is 21.4. The van der Waals surface area contributed by atoms with Gasteiger partial charge in [0.05, 0.1) is 35.4 Å². The first-order chi connectivity index (χ1) is 17.3. The Labute approximate surface area is 215 Å². The quantitative estimate of drug-likeness (QED) is 0.479. The molecule has 0 bridgehead atoms. The molecule has 2 fully saturated rings. The van der Waals surface area contributed by atoms with Crippen LogP contribution in [0.2, 0.25) is 5.02 Å². The molecule has 36 heavy (non-hydrogen) atoms. The number of anilines is 1. The lowest BCUT2D eigenvalue weighted by Crippen LogP contribution is -2.59. The standard InChI is InChI=1S/C27H31ClN2O6/c1-4-15(2)18(14-31)30-23-25(33)29(22-16(3)8-5-9-17(22)28)12-7-11-27(23)21(24(30)32)20-19(36-27)10-6-13-35-26(20)34/h5-11,15,18-21,23,31H,4,12-14H2,1-3H3/t15-,18-,19-,20+,21-,23?,27-/m0/s1. The highest BCUT2D eigenvalue weighted by atomic mass is 35.5. The van der Waals surface area contributed by atoms with Crippen molar-refractivity contribution >= 4 is 35.1 Å². The van der Waals surface area contributed by atoms with E-state index >= 15 is 0 Å². The second-order valence-electron chi connectivity index (χ2n) is 10.0. The molecule has 5 rings (SSSR count). The minimum atomic E-state index is -1.38. The number of aliphatic hydroxyl groups excluding tert-OH is 1. The van der Waals surface area contributed by atoms with E-state index in [1.54, 1.807) is 29.2 Å². The summed E-state index contributed by atoms with van der Waals surface area (Å²) in [5, 5.41) is 10.8. The fraction of sp³-hybridized carbons (Fsp3) is 0.519. The molecule has 1 spiro atoms. The largest absolute Gasteiger partial charge is 0.461 e. The van der Waals surface area contributed by atoms with Crippen molar-refractivity contribution in [3.8, 4) is 0 Å². The maximum atomic E-state index is 14.4. The van der Waals surface area contributed by atoms with E-state index in [-0.39, 0.29) is 37.5 Å². The van der Waals surface area contributed by atoms with E-state index in [0.717, 1.165) is 5.56 Å². The van der Waals surface area contributed by atoms with Crippen molar-refractivity contribution in [2.75, 3.05) is 24.7 Å². The maximum absolute atomic E-state index is 14.4. The Morgan fingerprint density at radius 3 is 2.69 bits per heavy atom. The molecule has 192 valence electrons. The second kappa shape index (κ2) is 9.32. The molecule has 9 heteroatoms. The topological polar surface area (TPSA) is 96.4 Å². The number of hydrogen-bond donors (Lipinski definition) is 1. The highest BCUT2D eigenvalue weighted by Gasteiger charge is 2.73. The number of hydrogen-bond acceptors (Lipinski definition) is 6. The lowest BCUT2D eigenvalue weighted by atomic mass is 9.78. The lowest BCUT2D eigenvalue weighted by molar-refractivity contribution is -0.154. The van der Waals surface area contributed by atoms with Crippen molar-refractivity contribution in [1.82, 2.24) is 4.90 Å². The van der Waals surface area contributed by atoms with Crippen LogP contribution in [0.3, 0.4) is 0 Å². The summed E-state index contributed by atoms with van der Waals surface area (Å²) in [6.07, 6.45) is 7.02. The molecule has 1 unspecified atom stereocenters. The number of aryl methyl sites for hydroxylation is 1. The normalized spacial score (nSPS) is 33.0. The number of esters is 1. The van der Waals surface area contributed by atoms with Crippen LogP contribution in [-0.4, -0.2) is 71.3 Å². The molecule has 0 saturated carbocycles. The van der Waals surface area contributed by atoms with Gasteiger partial charge in [-0.1, -0.05) is 62.2 Å². The fourth-order valence-electron chi connectivity index (χ4n) is 6.25. The maximum Gasteiger partial charge on any atom is 0.313 e. The third-order valence-electron chi connectivity index (χ3n) is 8.16. The van der Waals surface area contributed by atoms with Crippen molar-refractivity contribution in [3.05, 3.63) is 53.1 Å². The number of fused-ring (bicyclic) bond motifs is 2. The first kappa shape index (κ1) is 25.0. The summed E-state index contributed by atoms with van der Waals surface area (Å²) >= 11 is 6.56. The van der Waals surface area contributed by atoms with Gasteiger partial charge >= 0.3 is 5.97 Å². The molecule has 0 radical (unpaired) electrons. The molecular weight excluding hydrogens is 484 g/mol. The van der Waals surface area contributed by atoms with Crippen LogP contribution in [-0.2, 0) is 23.9 Å². The van der Waals surface area contributed by atoms with Gasteiger partial charge in [0.2, 0.25) is 5.91 Å². The highest BCUT2D eigenvalue weighted by Crippen LogP contribution is 2.54. The van der Waals surface area contributed by atoms with Crippen LogP contribution in [0, 0.1) is 24.7 Å². The number of rotatable bonds is 5. The van der Waals surface area contributed by atoms with Gasteiger partial charge < -0.3 is 24.4 Å². The predicted octanol–water partition coefficient (Wildman–Crippen LogP) is 2.65. The van der Waals surface area contributed by atoms with Gasteiger partial charge in [0.15, 0.2) is 0 Å². The third kappa shape index (κ3) is 3.53. The number of benzene rings is 1. The van der Waals surface area contributed by atoms with Gasteiger partial charge in [-0.3, -0.25) is 14.4 Å². The summed E-state index contributed by atoms with van der Waals surface area (Å²) < 4.78 is 11.9. The van der Waals surface area contributed by atoms with Gasteiger partial charge in [0, 0.05) is 6.54 Å². The fourth-order valence-corrected chi connectivity index (χ4v) is 6.57. The highest BCUT2D eigenvalue weighted by molar-refractivity contribution is 6.34. The Kier molecular flexibility index (Phi) is 6.47. The number of likely N-dealkylation sites (tertiary alicyclic amines) is 1. The van der Waals surface area contributed by atoms with Crippen molar-refractivity contribution in [2.45, 2.75) is 51.0 Å². The zero-order chi connectivity index (χ0) is 25.8. The van der Waals surface area contributed by atoms with Crippen molar-refractivity contribution in [1.29, 1.82) is 0 Å². The van der Waals surface area contributed by atoms with Gasteiger partial charge in [0.25, 0.3) is 5.91 Å². The number of aliphatic hydroxyl groups is 1. The van der Waals surface area contributed by atoms with E-state index in [2.05, 4.69) is 0 Å². The zero-order valence-electron chi connectivity index (χ0n) is 20.6. The number of amides is 2. The van der Waals surface area contributed by atoms with E-state index < -0.39 is 41.6 Å². The number of carbonyl (C=O) groups excluding carboxylic acids is 3. The molecule has 4 heterocycles. The minimum Gasteiger partial charge on any atom is -0.461 e. The lowest BCUT2D eigenvalue weighted by Gasteiger charge is -2.40. The molecule has 0 aliphatic carbocycles. The van der Waals surface area contributed by atoms with Gasteiger partial charge in [-0.2, -0.15) is 0 Å². The van der Waals surface area contributed by atoms with E-state index in [4.69, 9.17) is 21.1 Å². The summed E-state index contributed by atoms with van der Waals surface area (Å²) in [7, 11) is 0. The average Bonchev–Trinajstić information content (AvgIpc) is 3.15. The van der Waals surface area contributed by atoms with E-state index in [0.29, 0.717) is 17.1 Å². The van der Waals surface area contributed by atoms with Crippen LogP contribution in [0.5, 0.6) is 0 Å². The van der Waals surface area contributed by atoms with E-state index in [9.17, 15) is 19.5 Å². The number of carbonyl (C=O) groups is 3. The number of halogens is 1. The molecule has 8 nitrogen and oxygen atoms in total. The third-order valence-corrected chi connectivity index (χ3v) is 8.46. The Bertz CT molecular complexity index is 1130. The molecule has 2 saturated heterocycles. The predicted molar refractivity (Wildman–Crippen MR) is 133 cm³/mol. The second-order valence-corrected chi connectivity index (χ2v) is 10.4. The Morgan fingerprint density at radius 2 is 2.00 bits per heavy atom. The number of ether oxygens (including phenoxy) is 2. The van der Waals surface area contributed by atoms with Crippen LogP contribution in [0.4, 0.5) is 5.69 Å². The number of cyclic esters (lactones) is 1.